The van der Waals surface area contributed by atoms with Gasteiger partial charge >= 0.3 is 5.97 Å². The molecule has 1 saturated heterocycles. The molecule has 0 aliphatic carbocycles. The van der Waals surface area contributed by atoms with Crippen LogP contribution < -0.4 is 0 Å². The average molecular weight is 421 g/mol. The third kappa shape index (κ3) is 6.64. The van der Waals surface area contributed by atoms with Crippen molar-refractivity contribution in [2.75, 3.05) is 19.8 Å². The Morgan fingerprint density at radius 1 is 1.17 bits per heavy atom. The fraction of sp³-hybridized carbons (Fsp3) is 0.400. The monoisotopic (exact) mass is 421 g/mol. The Labute approximate surface area is 172 Å². The molecule has 0 spiro atoms. The molecule has 1 heterocycles. The summed E-state index contributed by atoms with van der Waals surface area (Å²) in [6.45, 7) is -1.11. The number of carbonyl (C=O) groups excluding carboxylic acids is 1. The predicted molar refractivity (Wildman–Crippen MR) is 102 cm³/mol. The molecule has 30 heavy (non-hydrogen) atoms. The summed E-state index contributed by atoms with van der Waals surface area (Å²) in [5.41, 5.74) is 0.750. The highest BCUT2D eigenvalue weighted by Gasteiger charge is 2.43. The number of hydrogen-bond donors (Lipinski definition) is 5. The number of aromatic hydroxyl groups is 1. The van der Waals surface area contributed by atoms with E-state index in [1.54, 1.807) is 12.1 Å². The zero-order valence-electron chi connectivity index (χ0n) is 15.9. The second-order valence-electron chi connectivity index (χ2n) is 6.40. The van der Waals surface area contributed by atoms with E-state index in [0.29, 0.717) is 5.56 Å². The van der Waals surface area contributed by atoms with E-state index in [4.69, 9.17) is 24.6 Å². The van der Waals surface area contributed by atoms with Crippen LogP contribution in [0.25, 0.3) is 6.08 Å². The minimum atomic E-state index is -1.57. The maximum atomic E-state index is 11.7. The number of esters is 1. The lowest BCUT2D eigenvalue weighted by molar-refractivity contribution is -0.298. The highest BCUT2D eigenvalue weighted by Crippen LogP contribution is 2.22. The molecule has 0 radical (unpaired) electrons. The minimum Gasteiger partial charge on any atom is -0.508 e. The summed E-state index contributed by atoms with van der Waals surface area (Å²) in [5.74, 6) is -0.580. The van der Waals surface area contributed by atoms with Gasteiger partial charge in [-0.15, -0.1) is 0 Å². The lowest BCUT2D eigenvalue weighted by Crippen LogP contribution is -2.59. The van der Waals surface area contributed by atoms with Crippen molar-refractivity contribution in [3.8, 4) is 11.8 Å². The van der Waals surface area contributed by atoms with Gasteiger partial charge in [-0.2, -0.15) is 5.26 Å². The second kappa shape index (κ2) is 11.4. The molecule has 0 saturated carbocycles. The summed E-state index contributed by atoms with van der Waals surface area (Å²) in [6.07, 6.45) is -3.08. The van der Waals surface area contributed by atoms with Gasteiger partial charge in [-0.25, -0.2) is 4.79 Å². The highest BCUT2D eigenvalue weighted by atomic mass is 16.7. The van der Waals surface area contributed by atoms with Crippen molar-refractivity contribution in [1.29, 1.82) is 5.26 Å². The van der Waals surface area contributed by atoms with Gasteiger partial charge in [0, 0.05) is 6.08 Å². The molecule has 162 valence electrons. The van der Waals surface area contributed by atoms with Gasteiger partial charge in [0.05, 0.1) is 24.9 Å². The van der Waals surface area contributed by atoms with E-state index in [9.17, 15) is 25.2 Å². The standard InChI is InChI=1S/C20H23NO9/c21-9-13(11-29-16(24)6-3-12-1-4-14(23)5-2-12)7-8-28-20-19(27)18(26)17(25)15(10-22)30-20/h1-7,15,17-20,22-23,25-27H,8,10-11H2/b6-3+,13-7+/t15-,17-,18-,19-,20-/m1/s1. The maximum absolute atomic E-state index is 11.7. The van der Waals surface area contributed by atoms with Crippen molar-refractivity contribution in [2.24, 2.45) is 0 Å². The van der Waals surface area contributed by atoms with Gasteiger partial charge in [-0.1, -0.05) is 12.1 Å². The molecule has 0 unspecified atom stereocenters. The molecule has 0 aromatic heterocycles. The number of ether oxygens (including phenoxy) is 3. The molecule has 1 aromatic rings. The van der Waals surface area contributed by atoms with E-state index in [-0.39, 0.29) is 24.5 Å². The van der Waals surface area contributed by atoms with Crippen LogP contribution in [0.5, 0.6) is 5.75 Å². The smallest absolute Gasteiger partial charge is 0.331 e. The number of nitrogens with zero attached hydrogens (tertiary/aromatic N) is 1. The van der Waals surface area contributed by atoms with Gasteiger partial charge in [-0.05, 0) is 29.8 Å². The molecular weight excluding hydrogens is 398 g/mol. The number of carbonyl (C=O) groups is 1. The van der Waals surface area contributed by atoms with Crippen molar-refractivity contribution in [1.82, 2.24) is 0 Å². The number of hydrogen-bond acceptors (Lipinski definition) is 10. The highest BCUT2D eigenvalue weighted by molar-refractivity contribution is 5.87. The Kier molecular flexibility index (Phi) is 8.94. The Balaban J connectivity index is 1.82. The summed E-state index contributed by atoms with van der Waals surface area (Å²) in [5, 5.41) is 56.7. The Morgan fingerprint density at radius 3 is 2.50 bits per heavy atom. The van der Waals surface area contributed by atoms with Crippen LogP contribution in [0.2, 0.25) is 0 Å². The van der Waals surface area contributed by atoms with Crippen LogP contribution in [0.1, 0.15) is 5.56 Å². The number of aliphatic hydroxyl groups is 4. The van der Waals surface area contributed by atoms with E-state index in [0.717, 1.165) is 0 Å². The Bertz CT molecular complexity index is 797. The van der Waals surface area contributed by atoms with E-state index in [1.807, 2.05) is 6.07 Å². The van der Waals surface area contributed by atoms with Crippen molar-refractivity contribution < 1.29 is 44.5 Å². The van der Waals surface area contributed by atoms with Crippen LogP contribution in [-0.4, -0.2) is 82.0 Å². The van der Waals surface area contributed by atoms with Gasteiger partial charge in [0.2, 0.25) is 0 Å². The van der Waals surface area contributed by atoms with Crippen LogP contribution in [0.4, 0.5) is 0 Å². The molecule has 1 fully saturated rings. The fourth-order valence-electron chi connectivity index (χ4n) is 2.53. The third-order valence-electron chi connectivity index (χ3n) is 4.26. The number of phenols is 1. The predicted octanol–water partition coefficient (Wildman–Crippen LogP) is -0.785. The van der Waals surface area contributed by atoms with Crippen LogP contribution >= 0.6 is 0 Å². The van der Waals surface area contributed by atoms with E-state index in [2.05, 4.69) is 0 Å². The van der Waals surface area contributed by atoms with E-state index < -0.39 is 43.3 Å². The number of nitriles is 1. The molecule has 1 aliphatic heterocycles. The van der Waals surface area contributed by atoms with Gasteiger partial charge in [0.25, 0.3) is 0 Å². The largest absolute Gasteiger partial charge is 0.508 e. The first-order valence-electron chi connectivity index (χ1n) is 9.00. The summed E-state index contributed by atoms with van der Waals surface area (Å²) in [4.78, 5) is 11.7. The quantitative estimate of drug-likeness (QED) is 0.204. The molecule has 10 heteroatoms. The fourth-order valence-corrected chi connectivity index (χ4v) is 2.53. The lowest BCUT2D eigenvalue weighted by Gasteiger charge is -2.39. The molecule has 5 N–H and O–H groups in total. The van der Waals surface area contributed by atoms with E-state index >= 15 is 0 Å². The molecule has 1 aromatic carbocycles. The number of rotatable bonds is 8. The molecular formula is C20H23NO9. The zero-order valence-corrected chi connectivity index (χ0v) is 15.9. The van der Waals surface area contributed by atoms with Crippen molar-refractivity contribution in [2.45, 2.75) is 30.7 Å². The molecule has 2 rings (SSSR count). The van der Waals surface area contributed by atoms with Crippen molar-refractivity contribution in [3.63, 3.8) is 0 Å². The van der Waals surface area contributed by atoms with Crippen molar-refractivity contribution in [3.05, 3.63) is 47.6 Å². The normalized spacial score (nSPS) is 27.0. The minimum absolute atomic E-state index is 0.0750. The summed E-state index contributed by atoms with van der Waals surface area (Å²) >= 11 is 0. The van der Waals surface area contributed by atoms with E-state index in [1.165, 1.54) is 30.4 Å². The SMILES string of the molecule is N#C/C(=C\CO[C@@H]1O[C@H](CO)[C@@H](O)[C@@H](O)[C@H]1O)COC(=O)/C=C/c1ccc(O)cc1. The maximum Gasteiger partial charge on any atom is 0.331 e. The van der Waals surface area contributed by atoms with Gasteiger partial charge < -0.3 is 39.7 Å². The molecule has 1 aliphatic rings. The number of benzene rings is 1. The van der Waals surface area contributed by atoms with Gasteiger partial charge in [-0.3, -0.25) is 0 Å². The van der Waals surface area contributed by atoms with Crippen LogP contribution in [0, 0.1) is 11.3 Å². The first kappa shape index (κ1) is 23.5. The van der Waals surface area contributed by atoms with Crippen LogP contribution in [0.3, 0.4) is 0 Å². The number of aliphatic hydroxyl groups excluding tert-OH is 4. The molecule has 0 amide bonds. The molecule has 0 bridgehead atoms. The first-order chi connectivity index (χ1) is 14.3. The number of phenolic OH excluding ortho intramolecular Hbond substituents is 1. The van der Waals surface area contributed by atoms with Gasteiger partial charge in [0.1, 0.15) is 36.8 Å². The lowest BCUT2D eigenvalue weighted by atomic mass is 9.99. The topological polar surface area (TPSA) is 170 Å². The van der Waals surface area contributed by atoms with Crippen molar-refractivity contribution >= 4 is 12.0 Å². The zero-order chi connectivity index (χ0) is 22.1. The Hall–Kier alpha value is -2.78. The third-order valence-corrected chi connectivity index (χ3v) is 4.26. The molecule has 10 nitrogen and oxygen atoms in total. The second-order valence-corrected chi connectivity index (χ2v) is 6.40. The first-order valence-corrected chi connectivity index (χ1v) is 9.00. The van der Waals surface area contributed by atoms with Gasteiger partial charge in [0.15, 0.2) is 6.29 Å². The molecule has 5 atom stereocenters. The summed E-state index contributed by atoms with van der Waals surface area (Å²) in [7, 11) is 0. The average Bonchev–Trinajstić information content (AvgIpc) is 2.75. The summed E-state index contributed by atoms with van der Waals surface area (Å²) in [6, 6.07) is 7.99. The van der Waals surface area contributed by atoms with Crippen LogP contribution in [0.15, 0.2) is 42.0 Å². The van der Waals surface area contributed by atoms with Crippen LogP contribution in [-0.2, 0) is 19.0 Å². The Morgan fingerprint density at radius 2 is 1.87 bits per heavy atom. The summed E-state index contributed by atoms with van der Waals surface area (Å²) < 4.78 is 15.4.